The van der Waals surface area contributed by atoms with Crippen molar-refractivity contribution < 1.29 is 14.1 Å². The average Bonchev–Trinajstić information content (AvgIpc) is 3.38. The van der Waals surface area contributed by atoms with Gasteiger partial charge in [-0.1, -0.05) is 45.8 Å². The summed E-state index contributed by atoms with van der Waals surface area (Å²) >= 11 is 14.6. The van der Waals surface area contributed by atoms with Gasteiger partial charge in [-0.05, 0) is 49.6 Å². The summed E-state index contributed by atoms with van der Waals surface area (Å²) in [6, 6.07) is 11.7. The SMILES string of the molecule is COC(=O)c1ccc2nc(N3NCC4C(NCc5c(-c6c(Cl)cccc6Cl)noc5C5CC5)CC43)sc2c1. The van der Waals surface area contributed by atoms with Gasteiger partial charge in [-0.25, -0.2) is 15.2 Å². The number of thiazole rings is 1. The summed E-state index contributed by atoms with van der Waals surface area (Å²) in [5, 5.41) is 12.4. The molecule has 2 aromatic heterocycles. The number of methoxy groups -OCH3 is 1. The number of carbonyl (C=O) groups is 1. The Bertz CT molecular complexity index is 1530. The van der Waals surface area contributed by atoms with Gasteiger partial charge in [0.2, 0.25) is 5.13 Å². The molecule has 0 amide bonds. The smallest absolute Gasteiger partial charge is 0.337 e. The van der Waals surface area contributed by atoms with Crippen molar-refractivity contribution in [2.75, 3.05) is 18.7 Å². The third-order valence-electron chi connectivity index (χ3n) is 7.85. The van der Waals surface area contributed by atoms with Gasteiger partial charge in [0.1, 0.15) is 11.5 Å². The Morgan fingerprint density at radius 2 is 2.08 bits per heavy atom. The minimum Gasteiger partial charge on any atom is -0.465 e. The summed E-state index contributed by atoms with van der Waals surface area (Å²) in [6.45, 7) is 1.52. The molecule has 3 heterocycles. The molecule has 2 aliphatic carbocycles. The van der Waals surface area contributed by atoms with Crippen LogP contribution in [0.25, 0.3) is 21.5 Å². The lowest BCUT2D eigenvalue weighted by Crippen LogP contribution is -2.56. The largest absolute Gasteiger partial charge is 0.465 e. The van der Waals surface area contributed by atoms with Gasteiger partial charge in [-0.2, -0.15) is 0 Å². The maximum Gasteiger partial charge on any atom is 0.337 e. The van der Waals surface area contributed by atoms with Crippen molar-refractivity contribution in [3.63, 3.8) is 0 Å². The van der Waals surface area contributed by atoms with Gasteiger partial charge in [-0.15, -0.1) is 0 Å². The summed E-state index contributed by atoms with van der Waals surface area (Å²) < 4.78 is 11.6. The van der Waals surface area contributed by atoms with Crippen molar-refractivity contribution in [1.82, 2.24) is 20.9 Å². The lowest BCUT2D eigenvalue weighted by Gasteiger charge is -2.42. The molecule has 0 spiro atoms. The Morgan fingerprint density at radius 3 is 2.84 bits per heavy atom. The van der Waals surface area contributed by atoms with Gasteiger partial charge in [-0.3, -0.25) is 5.01 Å². The molecule has 3 atom stereocenters. The van der Waals surface area contributed by atoms with Crippen LogP contribution in [0.4, 0.5) is 5.13 Å². The van der Waals surface area contributed by atoms with Crippen molar-refractivity contribution >= 4 is 55.9 Å². The Balaban J connectivity index is 1.07. The van der Waals surface area contributed by atoms with Crippen LogP contribution in [0.5, 0.6) is 0 Å². The van der Waals surface area contributed by atoms with E-state index in [1.54, 1.807) is 17.4 Å². The van der Waals surface area contributed by atoms with Gasteiger partial charge in [0.05, 0.1) is 39.0 Å². The van der Waals surface area contributed by atoms with Crippen LogP contribution in [0.1, 0.15) is 46.9 Å². The van der Waals surface area contributed by atoms with Crippen molar-refractivity contribution in [2.24, 2.45) is 5.92 Å². The number of nitrogens with one attached hydrogen (secondary N) is 2. The fourth-order valence-corrected chi connectivity index (χ4v) is 7.22. The second kappa shape index (κ2) is 9.50. The van der Waals surface area contributed by atoms with Crippen LogP contribution in [0.3, 0.4) is 0 Å². The predicted molar refractivity (Wildman–Crippen MR) is 148 cm³/mol. The van der Waals surface area contributed by atoms with Crippen LogP contribution < -0.4 is 15.8 Å². The van der Waals surface area contributed by atoms with E-state index in [-0.39, 0.29) is 5.97 Å². The van der Waals surface area contributed by atoms with Gasteiger partial charge in [0, 0.05) is 42.1 Å². The molecule has 11 heteroatoms. The number of rotatable bonds is 7. The van der Waals surface area contributed by atoms with Gasteiger partial charge >= 0.3 is 5.97 Å². The summed E-state index contributed by atoms with van der Waals surface area (Å²) in [7, 11) is 1.39. The van der Waals surface area contributed by atoms with E-state index in [1.807, 2.05) is 30.3 Å². The average molecular weight is 571 g/mol. The highest BCUT2D eigenvalue weighted by molar-refractivity contribution is 7.22. The fraction of sp³-hybridized carbons (Fsp3) is 0.370. The van der Waals surface area contributed by atoms with Gasteiger partial charge < -0.3 is 14.6 Å². The first-order chi connectivity index (χ1) is 18.5. The lowest BCUT2D eigenvalue weighted by molar-refractivity contribution is 0.0601. The quantitative estimate of drug-likeness (QED) is 0.270. The summed E-state index contributed by atoms with van der Waals surface area (Å²) in [4.78, 5) is 16.7. The number of ether oxygens (including phenoxy) is 1. The number of hydrogen-bond donors (Lipinski definition) is 2. The first-order valence-electron chi connectivity index (χ1n) is 12.7. The monoisotopic (exact) mass is 569 g/mol. The third-order valence-corrected chi connectivity index (χ3v) is 9.49. The van der Waals surface area contributed by atoms with Crippen molar-refractivity contribution in [1.29, 1.82) is 0 Å². The number of carbonyl (C=O) groups excluding carboxylic acids is 1. The van der Waals surface area contributed by atoms with Gasteiger partial charge in [0.25, 0.3) is 0 Å². The zero-order valence-corrected chi connectivity index (χ0v) is 22.9. The number of esters is 1. The Kier molecular flexibility index (Phi) is 6.09. The first kappa shape index (κ1) is 24.4. The Hall–Kier alpha value is -2.69. The highest BCUT2D eigenvalue weighted by Crippen LogP contribution is 2.46. The van der Waals surface area contributed by atoms with E-state index >= 15 is 0 Å². The molecular weight excluding hydrogens is 545 g/mol. The minimum absolute atomic E-state index is 0.341. The zero-order chi connectivity index (χ0) is 26.0. The first-order valence-corrected chi connectivity index (χ1v) is 14.3. The number of nitrogens with zero attached hydrogens (tertiary/aromatic N) is 3. The lowest BCUT2D eigenvalue weighted by atomic mass is 9.75. The molecule has 3 aliphatic rings. The van der Waals surface area contributed by atoms with Crippen molar-refractivity contribution in [3.8, 4) is 11.3 Å². The van der Waals surface area contributed by atoms with E-state index in [0.717, 1.165) is 63.7 Å². The molecule has 0 radical (unpaired) electrons. The molecule has 2 N–H and O–H groups in total. The Morgan fingerprint density at radius 1 is 1.26 bits per heavy atom. The van der Waals surface area contributed by atoms with E-state index < -0.39 is 0 Å². The predicted octanol–water partition coefficient (Wildman–Crippen LogP) is 5.79. The van der Waals surface area contributed by atoms with E-state index in [1.165, 1.54) is 7.11 Å². The molecule has 8 nitrogen and oxygen atoms in total. The molecule has 4 aromatic rings. The van der Waals surface area contributed by atoms with E-state index in [9.17, 15) is 4.79 Å². The molecule has 196 valence electrons. The second-order valence-electron chi connectivity index (χ2n) is 10.1. The third kappa shape index (κ3) is 4.08. The number of fused-ring (bicyclic) bond motifs is 2. The standard InChI is InChI=1S/C27H25Cl2N5O3S/c1-36-26(35)14-7-8-19-22(9-14)38-27(32-19)34-21-10-20(15(21)12-31-34)30-11-16-24(33-37-25(16)13-5-6-13)23-17(28)3-2-4-18(23)29/h2-4,7-9,13,15,20-21,30-31H,5-6,10-12H2,1H3. The maximum atomic E-state index is 11.9. The van der Waals surface area contributed by atoms with Crippen molar-refractivity contribution in [3.05, 3.63) is 63.3 Å². The summed E-state index contributed by atoms with van der Waals surface area (Å²) in [5.74, 6) is 1.48. The van der Waals surface area contributed by atoms with Crippen molar-refractivity contribution in [2.45, 2.75) is 43.8 Å². The molecule has 3 fully saturated rings. The molecular formula is C27H25Cl2N5O3S. The number of hydrogen-bond acceptors (Lipinski definition) is 9. The van der Waals surface area contributed by atoms with E-state index in [0.29, 0.717) is 46.1 Å². The molecule has 7 rings (SSSR count). The van der Waals surface area contributed by atoms with Gasteiger partial charge in [0.15, 0.2) is 0 Å². The number of aromatic nitrogens is 2. The number of anilines is 1. The second-order valence-corrected chi connectivity index (χ2v) is 11.9. The highest BCUT2D eigenvalue weighted by Gasteiger charge is 2.49. The maximum absolute atomic E-state index is 11.9. The molecule has 0 bridgehead atoms. The molecule has 1 saturated heterocycles. The van der Waals surface area contributed by atoms with Crippen LogP contribution in [-0.4, -0.2) is 41.8 Å². The van der Waals surface area contributed by atoms with E-state index in [2.05, 4.69) is 20.9 Å². The van der Waals surface area contributed by atoms with Crippen LogP contribution in [0.2, 0.25) is 10.0 Å². The molecule has 2 saturated carbocycles. The van der Waals surface area contributed by atoms with Crippen LogP contribution >= 0.6 is 34.5 Å². The number of hydrazine groups is 1. The highest BCUT2D eigenvalue weighted by atomic mass is 35.5. The van der Waals surface area contributed by atoms with Crippen LogP contribution in [0, 0.1) is 5.92 Å². The Labute approximate surface area is 233 Å². The normalized spacial score (nSPS) is 22.5. The fourth-order valence-electron chi connectivity index (χ4n) is 5.60. The van der Waals surface area contributed by atoms with E-state index in [4.69, 9.17) is 37.4 Å². The number of benzene rings is 2. The topological polar surface area (TPSA) is 92.5 Å². The number of halogens is 2. The summed E-state index contributed by atoms with van der Waals surface area (Å²) in [5.41, 5.74) is 7.48. The summed E-state index contributed by atoms with van der Waals surface area (Å²) in [6.07, 6.45) is 3.23. The zero-order valence-electron chi connectivity index (χ0n) is 20.5. The molecule has 1 aliphatic heterocycles. The molecule has 38 heavy (non-hydrogen) atoms. The molecule has 3 unspecified atom stereocenters. The molecule has 2 aromatic carbocycles. The minimum atomic E-state index is -0.341. The van der Waals surface area contributed by atoms with Crippen LogP contribution in [0.15, 0.2) is 40.9 Å². The van der Waals surface area contributed by atoms with Crippen LogP contribution in [-0.2, 0) is 11.3 Å².